The maximum Gasteiger partial charge on any atom is 0.307 e. The minimum absolute atomic E-state index is 0.0747. The fourth-order valence-corrected chi connectivity index (χ4v) is 2.69. The van der Waals surface area contributed by atoms with E-state index in [1.165, 1.54) is 0 Å². The summed E-state index contributed by atoms with van der Waals surface area (Å²) in [6.45, 7) is 4.49. The van der Waals surface area contributed by atoms with Gasteiger partial charge in [0.2, 0.25) is 5.91 Å². The molecule has 108 valence electrons. The van der Waals surface area contributed by atoms with E-state index in [-0.39, 0.29) is 12.3 Å². The van der Waals surface area contributed by atoms with E-state index in [1.54, 1.807) is 0 Å². The average molecular weight is 275 g/mol. The number of hydrogen-bond donors (Lipinski definition) is 2. The number of carboxylic acids is 1. The number of hydrogen-bond acceptors (Lipinski definition) is 2. The summed E-state index contributed by atoms with van der Waals surface area (Å²) < 4.78 is 0. The van der Waals surface area contributed by atoms with Crippen molar-refractivity contribution >= 4 is 11.9 Å². The molecule has 20 heavy (non-hydrogen) atoms. The van der Waals surface area contributed by atoms with E-state index in [0.29, 0.717) is 24.8 Å². The van der Waals surface area contributed by atoms with Crippen LogP contribution in [0.15, 0.2) is 18.2 Å². The van der Waals surface area contributed by atoms with Gasteiger partial charge in [-0.2, -0.15) is 0 Å². The van der Waals surface area contributed by atoms with E-state index < -0.39 is 5.97 Å². The molecule has 0 radical (unpaired) electrons. The first-order valence-electron chi connectivity index (χ1n) is 7.09. The summed E-state index contributed by atoms with van der Waals surface area (Å²) in [7, 11) is 0. The number of aryl methyl sites for hydroxylation is 1. The monoisotopic (exact) mass is 275 g/mol. The van der Waals surface area contributed by atoms with E-state index in [1.807, 2.05) is 32.0 Å². The van der Waals surface area contributed by atoms with Crippen molar-refractivity contribution in [1.29, 1.82) is 0 Å². The quantitative estimate of drug-likeness (QED) is 0.836. The lowest BCUT2D eigenvalue weighted by Crippen LogP contribution is -2.24. The minimum atomic E-state index is -0.794. The van der Waals surface area contributed by atoms with Crippen molar-refractivity contribution in [2.75, 3.05) is 6.54 Å². The molecular formula is C16H21NO3. The van der Waals surface area contributed by atoms with Gasteiger partial charge in [-0.1, -0.05) is 25.1 Å². The third kappa shape index (κ3) is 3.38. The first-order valence-corrected chi connectivity index (χ1v) is 7.09. The van der Waals surface area contributed by atoms with Gasteiger partial charge in [0.1, 0.15) is 0 Å². The van der Waals surface area contributed by atoms with Gasteiger partial charge in [-0.05, 0) is 41.9 Å². The second kappa shape index (κ2) is 6.07. The highest BCUT2D eigenvalue weighted by Crippen LogP contribution is 2.48. The van der Waals surface area contributed by atoms with Crippen LogP contribution in [0, 0.1) is 12.8 Å². The fraction of sp³-hybridized carbons (Fsp3) is 0.500. The van der Waals surface area contributed by atoms with Crippen molar-refractivity contribution in [3.05, 3.63) is 34.9 Å². The van der Waals surface area contributed by atoms with Crippen molar-refractivity contribution < 1.29 is 14.7 Å². The van der Waals surface area contributed by atoms with Crippen LogP contribution in [-0.2, 0) is 16.0 Å². The number of nitrogens with one attached hydrogen (secondary N) is 1. The molecule has 1 fully saturated rings. The Bertz CT molecular complexity index is 524. The molecule has 2 N–H and O–H groups in total. The molecule has 0 saturated heterocycles. The molecule has 0 unspecified atom stereocenters. The Morgan fingerprint density at radius 3 is 2.80 bits per heavy atom. The summed E-state index contributed by atoms with van der Waals surface area (Å²) in [5.74, 6) is 0.115. The van der Waals surface area contributed by atoms with Crippen LogP contribution in [0.4, 0.5) is 0 Å². The molecule has 1 amide bonds. The number of carbonyl (C=O) groups excluding carboxylic acids is 1. The van der Waals surface area contributed by atoms with Crippen LogP contribution in [0.2, 0.25) is 0 Å². The normalized spacial score (nSPS) is 20.5. The first-order chi connectivity index (χ1) is 9.52. The molecule has 1 aromatic carbocycles. The predicted molar refractivity (Wildman–Crippen MR) is 76.7 cm³/mol. The highest BCUT2D eigenvalue weighted by Gasteiger charge is 2.39. The molecule has 1 saturated carbocycles. The van der Waals surface area contributed by atoms with Crippen molar-refractivity contribution in [2.24, 2.45) is 5.92 Å². The Morgan fingerprint density at radius 2 is 2.15 bits per heavy atom. The SMILES string of the molecule is CCC(=O)NC[C@@H]1C[C@H]1c1cccc(C)c1CC(=O)O. The Balaban J connectivity index is 2.05. The summed E-state index contributed by atoms with van der Waals surface area (Å²) >= 11 is 0. The molecule has 1 aromatic rings. The molecule has 1 aliphatic rings. The van der Waals surface area contributed by atoms with Gasteiger partial charge >= 0.3 is 5.97 Å². The molecule has 4 heteroatoms. The van der Waals surface area contributed by atoms with Crippen LogP contribution in [-0.4, -0.2) is 23.5 Å². The molecule has 2 atom stereocenters. The van der Waals surface area contributed by atoms with E-state index >= 15 is 0 Å². The number of carbonyl (C=O) groups is 2. The fourth-order valence-electron chi connectivity index (χ4n) is 2.69. The number of rotatable bonds is 6. The van der Waals surface area contributed by atoms with E-state index in [4.69, 9.17) is 5.11 Å². The molecule has 0 bridgehead atoms. The zero-order chi connectivity index (χ0) is 14.7. The van der Waals surface area contributed by atoms with Crippen LogP contribution in [0.25, 0.3) is 0 Å². The first kappa shape index (κ1) is 14.6. The summed E-state index contributed by atoms with van der Waals surface area (Å²) in [4.78, 5) is 22.3. The zero-order valence-corrected chi connectivity index (χ0v) is 12.0. The lowest BCUT2D eigenvalue weighted by Gasteiger charge is -2.11. The number of benzene rings is 1. The summed E-state index contributed by atoms with van der Waals surface area (Å²) in [5, 5.41) is 11.9. The van der Waals surface area contributed by atoms with Crippen molar-refractivity contribution in [3.63, 3.8) is 0 Å². The number of aliphatic carboxylic acids is 1. The van der Waals surface area contributed by atoms with Gasteiger partial charge in [0, 0.05) is 13.0 Å². The van der Waals surface area contributed by atoms with Crippen LogP contribution in [0.1, 0.15) is 42.4 Å². The molecule has 1 aliphatic carbocycles. The number of amides is 1. The maximum atomic E-state index is 11.3. The van der Waals surface area contributed by atoms with Crippen LogP contribution < -0.4 is 5.32 Å². The third-order valence-electron chi connectivity index (χ3n) is 3.98. The van der Waals surface area contributed by atoms with E-state index in [9.17, 15) is 9.59 Å². The van der Waals surface area contributed by atoms with Gasteiger partial charge < -0.3 is 10.4 Å². The smallest absolute Gasteiger partial charge is 0.307 e. The summed E-state index contributed by atoms with van der Waals surface area (Å²) in [6, 6.07) is 5.96. The lowest BCUT2D eigenvalue weighted by molar-refractivity contribution is -0.136. The van der Waals surface area contributed by atoms with E-state index in [2.05, 4.69) is 5.32 Å². The van der Waals surface area contributed by atoms with Crippen LogP contribution in [0.5, 0.6) is 0 Å². The molecule has 2 rings (SSSR count). The summed E-state index contributed by atoms with van der Waals surface area (Å²) in [6.07, 6.45) is 1.61. The minimum Gasteiger partial charge on any atom is -0.481 e. The third-order valence-corrected chi connectivity index (χ3v) is 3.98. The maximum absolute atomic E-state index is 11.3. The molecule has 0 aliphatic heterocycles. The predicted octanol–water partition coefficient (Wildman–Crippen LogP) is 2.25. The largest absolute Gasteiger partial charge is 0.481 e. The lowest BCUT2D eigenvalue weighted by atomic mass is 9.95. The second-order valence-corrected chi connectivity index (χ2v) is 5.47. The molecule has 4 nitrogen and oxygen atoms in total. The van der Waals surface area contributed by atoms with Gasteiger partial charge in [-0.25, -0.2) is 0 Å². The van der Waals surface area contributed by atoms with E-state index in [0.717, 1.165) is 23.1 Å². The second-order valence-electron chi connectivity index (χ2n) is 5.47. The topological polar surface area (TPSA) is 66.4 Å². The Labute approximate surface area is 119 Å². The van der Waals surface area contributed by atoms with Crippen LogP contribution in [0.3, 0.4) is 0 Å². The highest BCUT2D eigenvalue weighted by atomic mass is 16.4. The molecule has 0 aromatic heterocycles. The van der Waals surface area contributed by atoms with Gasteiger partial charge in [0.05, 0.1) is 6.42 Å². The van der Waals surface area contributed by atoms with Gasteiger partial charge in [0.15, 0.2) is 0 Å². The molecule has 0 heterocycles. The summed E-state index contributed by atoms with van der Waals surface area (Å²) in [5.41, 5.74) is 3.12. The van der Waals surface area contributed by atoms with Crippen LogP contribution >= 0.6 is 0 Å². The Kier molecular flexibility index (Phi) is 4.42. The Morgan fingerprint density at radius 1 is 1.40 bits per heavy atom. The van der Waals surface area contributed by atoms with Gasteiger partial charge in [0.25, 0.3) is 0 Å². The van der Waals surface area contributed by atoms with Gasteiger partial charge in [-0.15, -0.1) is 0 Å². The van der Waals surface area contributed by atoms with Crippen molar-refractivity contribution in [1.82, 2.24) is 5.32 Å². The Hall–Kier alpha value is -1.84. The molecule has 0 spiro atoms. The molecular weight excluding hydrogens is 254 g/mol. The zero-order valence-electron chi connectivity index (χ0n) is 12.0. The standard InChI is InChI=1S/C16H21NO3/c1-3-15(18)17-9-11-7-14(11)12-6-4-5-10(2)13(12)8-16(19)20/h4-6,11,14H,3,7-9H2,1-2H3,(H,17,18)(H,19,20)/t11-,14+/m0/s1. The highest BCUT2D eigenvalue weighted by molar-refractivity contribution is 5.75. The van der Waals surface area contributed by atoms with Crippen molar-refractivity contribution in [3.8, 4) is 0 Å². The number of carboxylic acid groups (broad SMARTS) is 1. The van der Waals surface area contributed by atoms with Crippen molar-refractivity contribution in [2.45, 2.75) is 39.0 Å². The average Bonchev–Trinajstić information content (AvgIpc) is 3.17. The van der Waals surface area contributed by atoms with Gasteiger partial charge in [-0.3, -0.25) is 9.59 Å².